The zero-order valence-corrected chi connectivity index (χ0v) is 15.6. The fraction of sp³-hybridized carbons (Fsp3) is 0.263. The maximum absolute atomic E-state index is 12.3. The number of anilines is 2. The van der Waals surface area contributed by atoms with Crippen LogP contribution in [0, 0.1) is 0 Å². The third-order valence-corrected chi connectivity index (χ3v) is 5.29. The Kier molecular flexibility index (Phi) is 5.36. The second kappa shape index (κ2) is 8.24. The summed E-state index contributed by atoms with van der Waals surface area (Å²) in [6.07, 6.45) is 1.81. The molecule has 0 saturated carbocycles. The molecule has 1 aliphatic heterocycles. The lowest BCUT2D eigenvalue weighted by atomic mass is 10.2. The molecule has 27 heavy (non-hydrogen) atoms. The molecule has 4 rings (SSSR count). The number of benzene rings is 1. The Morgan fingerprint density at radius 2 is 1.78 bits per heavy atom. The van der Waals surface area contributed by atoms with E-state index < -0.39 is 0 Å². The highest BCUT2D eigenvalue weighted by Gasteiger charge is 2.20. The topological polar surface area (TPSA) is 74.2 Å². The van der Waals surface area contributed by atoms with Gasteiger partial charge >= 0.3 is 0 Å². The van der Waals surface area contributed by atoms with E-state index in [0.29, 0.717) is 11.7 Å². The Hall–Kier alpha value is -2.84. The maximum atomic E-state index is 12.3. The Balaban J connectivity index is 1.27. The lowest BCUT2D eigenvalue weighted by molar-refractivity contribution is -0.117. The molecule has 8 heteroatoms. The zero-order valence-electron chi connectivity index (χ0n) is 14.8. The van der Waals surface area contributed by atoms with Crippen LogP contribution in [0.2, 0.25) is 0 Å². The normalized spacial score (nSPS) is 14.9. The molecule has 1 aromatic carbocycles. The highest BCUT2D eigenvalue weighted by atomic mass is 32.1. The molecule has 0 unspecified atom stereocenters. The van der Waals surface area contributed by atoms with Crippen molar-refractivity contribution in [2.75, 3.05) is 42.9 Å². The maximum Gasteiger partial charge on any atom is 0.240 e. The number of carbonyl (C=O) groups excluding carboxylic acids is 1. The minimum atomic E-state index is -0.0583. The van der Waals surface area contributed by atoms with Crippen molar-refractivity contribution in [3.63, 3.8) is 0 Å². The summed E-state index contributed by atoms with van der Waals surface area (Å²) in [6, 6.07) is 15.8. The SMILES string of the molecule is O=C(CN1CCN(c2ccccn2)CC1)Nc1nnc(-c2ccccc2)s1. The van der Waals surface area contributed by atoms with Crippen molar-refractivity contribution >= 4 is 28.2 Å². The highest BCUT2D eigenvalue weighted by Crippen LogP contribution is 2.25. The van der Waals surface area contributed by atoms with Crippen LogP contribution in [0.3, 0.4) is 0 Å². The summed E-state index contributed by atoms with van der Waals surface area (Å²) in [5.74, 6) is 0.931. The molecule has 0 radical (unpaired) electrons. The number of piperazine rings is 1. The minimum Gasteiger partial charge on any atom is -0.354 e. The van der Waals surface area contributed by atoms with Gasteiger partial charge in [0, 0.05) is 37.9 Å². The van der Waals surface area contributed by atoms with Crippen LogP contribution in [0.5, 0.6) is 0 Å². The number of hydrogen-bond donors (Lipinski definition) is 1. The number of carbonyl (C=O) groups is 1. The minimum absolute atomic E-state index is 0.0583. The molecule has 1 amide bonds. The van der Waals surface area contributed by atoms with Gasteiger partial charge in [-0.1, -0.05) is 47.7 Å². The summed E-state index contributed by atoms with van der Waals surface area (Å²) in [7, 11) is 0. The molecule has 2 aromatic heterocycles. The monoisotopic (exact) mass is 380 g/mol. The van der Waals surface area contributed by atoms with Crippen molar-refractivity contribution in [3.8, 4) is 10.6 Å². The fourth-order valence-corrected chi connectivity index (χ4v) is 3.77. The van der Waals surface area contributed by atoms with Crippen molar-refractivity contribution in [1.29, 1.82) is 0 Å². The molecular weight excluding hydrogens is 360 g/mol. The van der Waals surface area contributed by atoms with E-state index in [-0.39, 0.29) is 5.91 Å². The molecule has 0 bridgehead atoms. The first kappa shape index (κ1) is 17.6. The van der Waals surface area contributed by atoms with E-state index in [0.717, 1.165) is 42.6 Å². The number of hydrogen-bond acceptors (Lipinski definition) is 7. The second-order valence-electron chi connectivity index (χ2n) is 6.28. The zero-order chi connectivity index (χ0) is 18.5. The first-order valence-electron chi connectivity index (χ1n) is 8.85. The van der Waals surface area contributed by atoms with Crippen LogP contribution >= 0.6 is 11.3 Å². The van der Waals surface area contributed by atoms with Gasteiger partial charge in [-0.05, 0) is 12.1 Å². The number of aromatic nitrogens is 3. The van der Waals surface area contributed by atoms with Crippen LogP contribution in [0.1, 0.15) is 0 Å². The highest BCUT2D eigenvalue weighted by molar-refractivity contribution is 7.18. The van der Waals surface area contributed by atoms with Gasteiger partial charge in [0.1, 0.15) is 10.8 Å². The van der Waals surface area contributed by atoms with E-state index in [1.165, 1.54) is 11.3 Å². The quantitative estimate of drug-likeness (QED) is 0.732. The third-order valence-electron chi connectivity index (χ3n) is 4.40. The van der Waals surface area contributed by atoms with Gasteiger partial charge in [0.05, 0.1) is 6.54 Å². The van der Waals surface area contributed by atoms with Crippen molar-refractivity contribution < 1.29 is 4.79 Å². The first-order valence-corrected chi connectivity index (χ1v) is 9.67. The van der Waals surface area contributed by atoms with Gasteiger partial charge in [-0.15, -0.1) is 10.2 Å². The molecule has 138 valence electrons. The Bertz CT molecular complexity index is 877. The van der Waals surface area contributed by atoms with Crippen molar-refractivity contribution in [2.24, 2.45) is 0 Å². The average molecular weight is 380 g/mol. The van der Waals surface area contributed by atoms with Crippen LogP contribution in [0.25, 0.3) is 10.6 Å². The van der Waals surface area contributed by atoms with Crippen LogP contribution in [0.15, 0.2) is 54.7 Å². The van der Waals surface area contributed by atoms with Gasteiger partial charge in [0.2, 0.25) is 11.0 Å². The number of nitrogens with one attached hydrogen (secondary N) is 1. The summed E-state index contributed by atoms with van der Waals surface area (Å²) >= 11 is 1.38. The molecular formula is C19H20N6OS. The molecule has 0 atom stereocenters. The van der Waals surface area contributed by atoms with E-state index in [4.69, 9.17) is 0 Å². The molecule has 3 aromatic rings. The molecule has 0 spiro atoms. The first-order chi connectivity index (χ1) is 13.3. The molecule has 1 aliphatic rings. The smallest absolute Gasteiger partial charge is 0.240 e. The molecule has 3 heterocycles. The van der Waals surface area contributed by atoms with E-state index in [1.807, 2.05) is 48.5 Å². The number of rotatable bonds is 5. The summed E-state index contributed by atoms with van der Waals surface area (Å²) < 4.78 is 0. The lowest BCUT2D eigenvalue weighted by Gasteiger charge is -2.34. The number of nitrogens with zero attached hydrogens (tertiary/aromatic N) is 5. The van der Waals surface area contributed by atoms with Gasteiger partial charge in [0.15, 0.2) is 0 Å². The average Bonchev–Trinajstić information content (AvgIpc) is 3.18. The molecule has 1 saturated heterocycles. The van der Waals surface area contributed by atoms with Crippen molar-refractivity contribution in [2.45, 2.75) is 0 Å². The van der Waals surface area contributed by atoms with Gasteiger partial charge in [-0.3, -0.25) is 15.0 Å². The summed E-state index contributed by atoms with van der Waals surface area (Å²) in [5, 5.41) is 12.4. The summed E-state index contributed by atoms with van der Waals surface area (Å²) in [6.45, 7) is 3.74. The molecule has 7 nitrogen and oxygen atoms in total. The summed E-state index contributed by atoms with van der Waals surface area (Å²) in [5.41, 5.74) is 1.00. The number of pyridine rings is 1. The van der Waals surface area contributed by atoms with Gasteiger partial charge in [-0.25, -0.2) is 4.98 Å². The largest absolute Gasteiger partial charge is 0.354 e. The van der Waals surface area contributed by atoms with Gasteiger partial charge < -0.3 is 4.90 Å². The van der Waals surface area contributed by atoms with Crippen LogP contribution in [-0.4, -0.2) is 58.7 Å². The van der Waals surface area contributed by atoms with Crippen LogP contribution in [-0.2, 0) is 4.79 Å². The molecule has 1 N–H and O–H groups in total. The summed E-state index contributed by atoms with van der Waals surface area (Å²) in [4.78, 5) is 21.1. The van der Waals surface area contributed by atoms with Crippen LogP contribution in [0.4, 0.5) is 10.9 Å². The van der Waals surface area contributed by atoms with E-state index >= 15 is 0 Å². The van der Waals surface area contributed by atoms with Crippen LogP contribution < -0.4 is 10.2 Å². The Morgan fingerprint density at radius 1 is 1.00 bits per heavy atom. The van der Waals surface area contributed by atoms with Gasteiger partial charge in [-0.2, -0.15) is 0 Å². The van der Waals surface area contributed by atoms with Gasteiger partial charge in [0.25, 0.3) is 0 Å². The predicted molar refractivity (Wildman–Crippen MR) is 107 cm³/mol. The lowest BCUT2D eigenvalue weighted by Crippen LogP contribution is -2.48. The Morgan fingerprint density at radius 3 is 2.52 bits per heavy atom. The standard InChI is InChI=1S/C19H20N6OS/c26-17(21-19-23-22-18(27-19)15-6-2-1-3-7-15)14-24-10-12-25(13-11-24)16-8-4-5-9-20-16/h1-9H,10-14H2,(H,21,23,26). The second-order valence-corrected chi connectivity index (χ2v) is 7.26. The fourth-order valence-electron chi connectivity index (χ4n) is 3.01. The van der Waals surface area contributed by atoms with Crippen molar-refractivity contribution in [3.05, 3.63) is 54.7 Å². The molecule has 1 fully saturated rings. The predicted octanol–water partition coefficient (Wildman–Crippen LogP) is 2.36. The van der Waals surface area contributed by atoms with Crippen molar-refractivity contribution in [1.82, 2.24) is 20.1 Å². The Labute approximate surface area is 161 Å². The third kappa shape index (κ3) is 4.47. The van der Waals surface area contributed by atoms with E-state index in [1.54, 1.807) is 6.20 Å². The number of amides is 1. The van der Waals surface area contributed by atoms with E-state index in [2.05, 4.69) is 30.3 Å². The van der Waals surface area contributed by atoms with E-state index in [9.17, 15) is 4.79 Å². The molecule has 0 aliphatic carbocycles.